The van der Waals surface area contributed by atoms with Gasteiger partial charge in [0.1, 0.15) is 0 Å². The molecule has 3 heteroatoms. The van der Waals surface area contributed by atoms with Crippen molar-refractivity contribution in [2.45, 2.75) is 32.2 Å². The molecule has 2 unspecified atom stereocenters. The number of H-pyrrole nitrogens is 1. The molecule has 100 valence electrons. The number of aromatic nitrogens is 2. The molecule has 2 atom stereocenters. The Hall–Kier alpha value is -1.35. The molecule has 1 aliphatic carbocycles. The van der Waals surface area contributed by atoms with Gasteiger partial charge in [-0.1, -0.05) is 24.6 Å². The average Bonchev–Trinajstić information content (AvgIpc) is 2.82. The van der Waals surface area contributed by atoms with Crippen LogP contribution in [0.4, 0.5) is 0 Å². The molecule has 1 N–H and O–H groups in total. The Morgan fingerprint density at radius 2 is 1.95 bits per heavy atom. The van der Waals surface area contributed by atoms with Crippen molar-refractivity contribution in [3.63, 3.8) is 0 Å². The van der Waals surface area contributed by atoms with Crippen LogP contribution in [-0.2, 0) is 6.54 Å². The molecule has 2 aromatic rings. The summed E-state index contributed by atoms with van der Waals surface area (Å²) in [5, 5.41) is 8.93. The summed E-state index contributed by atoms with van der Waals surface area (Å²) in [7, 11) is 0. The summed E-state index contributed by atoms with van der Waals surface area (Å²) < 4.78 is 0. The number of para-hydroxylation sites is 1. The van der Waals surface area contributed by atoms with Crippen LogP contribution in [0.15, 0.2) is 24.3 Å². The van der Waals surface area contributed by atoms with Crippen LogP contribution in [0.1, 0.15) is 31.4 Å². The third-order valence-electron chi connectivity index (χ3n) is 4.85. The van der Waals surface area contributed by atoms with Gasteiger partial charge >= 0.3 is 0 Å². The number of nitrogens with zero attached hydrogens (tertiary/aromatic N) is 2. The maximum atomic E-state index is 4.40. The molecule has 1 aromatic carbocycles. The third-order valence-corrected chi connectivity index (χ3v) is 4.85. The normalized spacial score (nSPS) is 27.8. The Bertz CT molecular complexity index is 562. The van der Waals surface area contributed by atoms with E-state index in [2.05, 4.69) is 39.4 Å². The number of nitrogens with one attached hydrogen (secondary N) is 1. The Kier molecular flexibility index (Phi) is 2.80. The Morgan fingerprint density at radius 1 is 1.16 bits per heavy atom. The second-order valence-electron chi connectivity index (χ2n) is 6.31. The summed E-state index contributed by atoms with van der Waals surface area (Å²) >= 11 is 0. The van der Waals surface area contributed by atoms with Crippen molar-refractivity contribution >= 4 is 10.9 Å². The van der Waals surface area contributed by atoms with Crippen LogP contribution in [0.25, 0.3) is 10.9 Å². The monoisotopic (exact) mass is 255 g/mol. The second-order valence-corrected chi connectivity index (χ2v) is 6.31. The molecule has 0 amide bonds. The van der Waals surface area contributed by atoms with Crippen LogP contribution in [0.2, 0.25) is 0 Å². The van der Waals surface area contributed by atoms with Gasteiger partial charge in [-0.05, 0) is 37.2 Å². The third kappa shape index (κ3) is 2.16. The van der Waals surface area contributed by atoms with Gasteiger partial charge < -0.3 is 0 Å². The first kappa shape index (κ1) is 11.5. The Labute approximate surface area is 114 Å². The van der Waals surface area contributed by atoms with E-state index < -0.39 is 0 Å². The minimum absolute atomic E-state index is 0.946. The van der Waals surface area contributed by atoms with E-state index in [-0.39, 0.29) is 0 Å². The van der Waals surface area contributed by atoms with Crippen LogP contribution in [-0.4, -0.2) is 28.2 Å². The van der Waals surface area contributed by atoms with Crippen molar-refractivity contribution in [3.05, 3.63) is 30.0 Å². The Morgan fingerprint density at radius 3 is 2.79 bits per heavy atom. The lowest BCUT2D eigenvalue weighted by Crippen LogP contribution is -2.42. The van der Waals surface area contributed by atoms with Crippen LogP contribution in [0, 0.1) is 11.8 Å². The summed E-state index contributed by atoms with van der Waals surface area (Å²) in [6.45, 7) is 3.60. The van der Waals surface area contributed by atoms with Crippen molar-refractivity contribution in [1.29, 1.82) is 0 Å². The van der Waals surface area contributed by atoms with Crippen LogP contribution >= 0.6 is 0 Å². The maximum Gasteiger partial charge on any atom is 0.0924 e. The zero-order valence-corrected chi connectivity index (χ0v) is 11.3. The van der Waals surface area contributed by atoms with E-state index in [0.29, 0.717) is 0 Å². The predicted octanol–water partition coefficient (Wildman–Crippen LogP) is 3.18. The van der Waals surface area contributed by atoms with E-state index in [1.54, 1.807) is 0 Å². The van der Waals surface area contributed by atoms with Gasteiger partial charge in [0, 0.05) is 25.0 Å². The molecule has 4 rings (SSSR count). The number of hydrogen-bond acceptors (Lipinski definition) is 2. The summed E-state index contributed by atoms with van der Waals surface area (Å²) in [6.07, 6.45) is 5.81. The molecule has 0 radical (unpaired) electrons. The lowest BCUT2D eigenvalue weighted by molar-refractivity contribution is 0.0801. The first-order valence-corrected chi connectivity index (χ1v) is 7.53. The standard InChI is InChI=1S/C16H21N3/c1-2-7-15-14(6-1)16(18-17-15)11-19-9-12-4-3-5-13(8-12)10-19/h1-2,6-7,12-13H,3-5,8-11H2,(H,17,18). The van der Waals surface area contributed by atoms with E-state index in [1.165, 1.54) is 49.9 Å². The molecule has 0 spiro atoms. The van der Waals surface area contributed by atoms with Gasteiger partial charge in [0.2, 0.25) is 0 Å². The predicted molar refractivity (Wildman–Crippen MR) is 76.8 cm³/mol. The van der Waals surface area contributed by atoms with Crippen molar-refractivity contribution in [3.8, 4) is 0 Å². The van der Waals surface area contributed by atoms with E-state index in [0.717, 1.165) is 23.9 Å². The SMILES string of the molecule is c1ccc2c(CN3CC4CCCC(C4)C3)[nH]nc2c1. The van der Waals surface area contributed by atoms with Crippen LogP contribution in [0.3, 0.4) is 0 Å². The smallest absolute Gasteiger partial charge is 0.0924 e. The zero-order chi connectivity index (χ0) is 12.7. The van der Waals surface area contributed by atoms with Crippen LogP contribution in [0.5, 0.6) is 0 Å². The van der Waals surface area contributed by atoms with Gasteiger partial charge in [-0.15, -0.1) is 0 Å². The number of likely N-dealkylation sites (tertiary alicyclic amines) is 1. The molecule has 2 aliphatic rings. The molecular weight excluding hydrogens is 234 g/mol. The highest BCUT2D eigenvalue weighted by atomic mass is 15.2. The highest BCUT2D eigenvalue weighted by molar-refractivity contribution is 5.81. The van der Waals surface area contributed by atoms with Gasteiger partial charge in [-0.25, -0.2) is 0 Å². The number of fused-ring (bicyclic) bond motifs is 3. The fourth-order valence-corrected chi connectivity index (χ4v) is 4.03. The molecule has 2 fully saturated rings. The quantitative estimate of drug-likeness (QED) is 0.893. The lowest BCUT2D eigenvalue weighted by atomic mass is 9.78. The van der Waals surface area contributed by atoms with E-state index >= 15 is 0 Å². The minimum Gasteiger partial charge on any atom is -0.297 e. The molecule has 1 aromatic heterocycles. The molecule has 19 heavy (non-hydrogen) atoms. The summed E-state index contributed by atoms with van der Waals surface area (Å²) in [5.74, 6) is 1.89. The number of hydrogen-bond donors (Lipinski definition) is 1. The second kappa shape index (κ2) is 4.64. The average molecular weight is 255 g/mol. The fourth-order valence-electron chi connectivity index (χ4n) is 4.03. The minimum atomic E-state index is 0.946. The molecule has 1 aliphatic heterocycles. The summed E-state index contributed by atoms with van der Waals surface area (Å²) in [6, 6.07) is 8.42. The van der Waals surface area contributed by atoms with Crippen molar-refractivity contribution < 1.29 is 0 Å². The lowest BCUT2D eigenvalue weighted by Gasteiger charge is -2.41. The Balaban J connectivity index is 1.55. The molecule has 3 nitrogen and oxygen atoms in total. The van der Waals surface area contributed by atoms with Gasteiger partial charge in [-0.3, -0.25) is 10.00 Å². The van der Waals surface area contributed by atoms with Gasteiger partial charge in [0.05, 0.1) is 11.2 Å². The van der Waals surface area contributed by atoms with Crippen molar-refractivity contribution in [1.82, 2.24) is 15.1 Å². The van der Waals surface area contributed by atoms with E-state index in [4.69, 9.17) is 0 Å². The highest BCUT2D eigenvalue weighted by Crippen LogP contribution is 2.35. The summed E-state index contributed by atoms with van der Waals surface area (Å²) in [5.41, 5.74) is 2.38. The molecule has 2 heterocycles. The number of aromatic amines is 1. The fraction of sp³-hybridized carbons (Fsp3) is 0.562. The molecule has 1 saturated carbocycles. The van der Waals surface area contributed by atoms with Crippen molar-refractivity contribution in [2.75, 3.05) is 13.1 Å². The summed E-state index contributed by atoms with van der Waals surface area (Å²) in [4.78, 5) is 2.64. The molecule has 1 saturated heterocycles. The molecular formula is C16H21N3. The first-order valence-electron chi connectivity index (χ1n) is 7.53. The van der Waals surface area contributed by atoms with Crippen molar-refractivity contribution in [2.24, 2.45) is 11.8 Å². The highest BCUT2D eigenvalue weighted by Gasteiger charge is 2.30. The van der Waals surface area contributed by atoms with Crippen LogP contribution < -0.4 is 0 Å². The zero-order valence-electron chi connectivity index (χ0n) is 11.3. The topological polar surface area (TPSA) is 31.9 Å². The number of rotatable bonds is 2. The molecule has 2 bridgehead atoms. The van der Waals surface area contributed by atoms with Gasteiger partial charge in [-0.2, -0.15) is 5.10 Å². The van der Waals surface area contributed by atoms with E-state index in [1.807, 2.05) is 0 Å². The largest absolute Gasteiger partial charge is 0.297 e. The van der Waals surface area contributed by atoms with E-state index in [9.17, 15) is 0 Å². The first-order chi connectivity index (χ1) is 9.38. The maximum absolute atomic E-state index is 4.40. The van der Waals surface area contributed by atoms with Gasteiger partial charge in [0.15, 0.2) is 0 Å². The number of piperidine rings is 1. The number of benzene rings is 1. The van der Waals surface area contributed by atoms with Gasteiger partial charge in [0.25, 0.3) is 0 Å².